The van der Waals surface area contributed by atoms with Gasteiger partial charge in [0.1, 0.15) is 11.4 Å². The van der Waals surface area contributed by atoms with Gasteiger partial charge in [-0.05, 0) is 42.5 Å². The molecule has 4 nitrogen and oxygen atoms in total. The second-order valence-corrected chi connectivity index (χ2v) is 4.58. The highest BCUT2D eigenvalue weighted by Crippen LogP contribution is 2.32. The van der Waals surface area contributed by atoms with Crippen LogP contribution in [0.15, 0.2) is 48.7 Å². The smallest absolute Gasteiger partial charge is 0.150 e. The normalized spacial score (nSPS) is 10.6. The number of nitrogens with zero attached hydrogens (tertiary/aromatic N) is 1. The lowest BCUT2D eigenvalue weighted by Crippen LogP contribution is -1.99. The molecule has 106 valence electrons. The Balaban J connectivity index is 2.07. The van der Waals surface area contributed by atoms with Crippen molar-refractivity contribution < 1.29 is 9.13 Å². The van der Waals surface area contributed by atoms with Crippen LogP contribution in [-0.4, -0.2) is 12.1 Å². The number of nitrogen functional groups attached to an aromatic ring is 1. The molecule has 0 radical (unpaired) electrons. The molecule has 21 heavy (non-hydrogen) atoms. The number of anilines is 3. The number of nitrogens with one attached hydrogen (secondary N) is 1. The largest absolute Gasteiger partial charge is 0.497 e. The first-order valence-corrected chi connectivity index (χ1v) is 6.43. The van der Waals surface area contributed by atoms with Crippen LogP contribution in [-0.2, 0) is 0 Å². The fourth-order valence-corrected chi connectivity index (χ4v) is 2.17. The van der Waals surface area contributed by atoms with Crippen LogP contribution in [0.2, 0.25) is 0 Å². The lowest BCUT2D eigenvalue weighted by atomic mass is 10.1. The number of hydrogen-bond acceptors (Lipinski definition) is 4. The molecule has 2 aromatic carbocycles. The van der Waals surface area contributed by atoms with E-state index in [-0.39, 0.29) is 0 Å². The van der Waals surface area contributed by atoms with Crippen molar-refractivity contribution in [1.29, 1.82) is 0 Å². The van der Waals surface area contributed by atoms with E-state index in [9.17, 15) is 4.39 Å². The minimum atomic E-state index is -0.436. The molecular weight excluding hydrogens is 269 g/mol. The van der Waals surface area contributed by atoms with Gasteiger partial charge >= 0.3 is 0 Å². The summed E-state index contributed by atoms with van der Waals surface area (Å²) >= 11 is 0. The van der Waals surface area contributed by atoms with E-state index in [2.05, 4.69) is 10.3 Å². The first-order valence-electron chi connectivity index (χ1n) is 6.43. The number of fused-ring (bicyclic) bond motifs is 1. The molecule has 1 aromatic heterocycles. The summed E-state index contributed by atoms with van der Waals surface area (Å²) in [7, 11) is 1.60. The van der Waals surface area contributed by atoms with E-state index < -0.39 is 5.82 Å². The predicted octanol–water partition coefficient (Wildman–Crippen LogP) is 3.71. The molecular formula is C16H14FN3O. The molecule has 3 N–H and O–H groups in total. The topological polar surface area (TPSA) is 60.2 Å². The molecule has 5 heteroatoms. The Hall–Kier alpha value is -2.82. The minimum absolute atomic E-state index is 0.310. The predicted molar refractivity (Wildman–Crippen MR) is 82.4 cm³/mol. The van der Waals surface area contributed by atoms with Crippen molar-refractivity contribution in [3.63, 3.8) is 0 Å². The van der Waals surface area contributed by atoms with Gasteiger partial charge < -0.3 is 15.8 Å². The summed E-state index contributed by atoms with van der Waals surface area (Å²) in [6, 6.07) is 12.1. The summed E-state index contributed by atoms with van der Waals surface area (Å²) in [4.78, 5) is 4.23. The number of nitrogens with two attached hydrogens (primary N) is 1. The Labute approximate surface area is 121 Å². The van der Waals surface area contributed by atoms with Crippen LogP contribution in [0.25, 0.3) is 10.9 Å². The van der Waals surface area contributed by atoms with Gasteiger partial charge in [-0.3, -0.25) is 4.98 Å². The van der Waals surface area contributed by atoms with Crippen molar-refractivity contribution in [2.75, 3.05) is 18.2 Å². The third-order valence-electron chi connectivity index (χ3n) is 3.24. The second-order valence-electron chi connectivity index (χ2n) is 4.58. The highest BCUT2D eigenvalue weighted by molar-refractivity contribution is 5.99. The number of ether oxygens (including phenoxy) is 1. The Morgan fingerprint density at radius 3 is 2.67 bits per heavy atom. The number of hydrogen-bond donors (Lipinski definition) is 2. The van der Waals surface area contributed by atoms with Crippen molar-refractivity contribution in [3.8, 4) is 5.75 Å². The molecule has 0 bridgehead atoms. The van der Waals surface area contributed by atoms with E-state index in [1.165, 1.54) is 6.07 Å². The summed E-state index contributed by atoms with van der Waals surface area (Å²) in [5.74, 6) is 0.302. The van der Waals surface area contributed by atoms with Crippen LogP contribution >= 0.6 is 0 Å². The number of benzene rings is 2. The van der Waals surface area contributed by atoms with Gasteiger partial charge in [-0.1, -0.05) is 0 Å². The van der Waals surface area contributed by atoms with Crippen molar-refractivity contribution in [1.82, 2.24) is 4.98 Å². The third-order valence-corrected chi connectivity index (χ3v) is 3.24. The van der Waals surface area contributed by atoms with Crippen molar-refractivity contribution in [2.45, 2.75) is 0 Å². The van der Waals surface area contributed by atoms with Crippen LogP contribution in [0, 0.1) is 5.82 Å². The molecule has 0 aliphatic carbocycles. The molecule has 0 saturated carbocycles. The summed E-state index contributed by atoms with van der Waals surface area (Å²) in [5.41, 5.74) is 7.76. The SMILES string of the molecule is COc1ccc(Nc2c(F)cc(N)c3cccnc23)cc1. The maximum Gasteiger partial charge on any atom is 0.150 e. The first-order chi connectivity index (χ1) is 10.2. The fraction of sp³-hybridized carbons (Fsp3) is 0.0625. The Morgan fingerprint density at radius 1 is 1.19 bits per heavy atom. The zero-order chi connectivity index (χ0) is 14.8. The van der Waals surface area contributed by atoms with E-state index in [0.29, 0.717) is 16.9 Å². The van der Waals surface area contributed by atoms with Crippen LogP contribution in [0.1, 0.15) is 0 Å². The first kappa shape index (κ1) is 13.2. The molecule has 0 spiro atoms. The zero-order valence-electron chi connectivity index (χ0n) is 11.4. The molecule has 0 atom stereocenters. The van der Waals surface area contributed by atoms with Gasteiger partial charge in [0.25, 0.3) is 0 Å². The molecule has 0 aliphatic heterocycles. The summed E-state index contributed by atoms with van der Waals surface area (Å²) in [6.45, 7) is 0. The molecule has 0 fully saturated rings. The maximum absolute atomic E-state index is 14.2. The van der Waals surface area contributed by atoms with Gasteiger partial charge in [0.05, 0.1) is 12.6 Å². The molecule has 0 amide bonds. The standard InChI is InChI=1S/C16H14FN3O/c1-21-11-6-4-10(5-7-11)20-16-13(17)9-14(18)12-3-2-8-19-15(12)16/h2-9,20H,18H2,1H3. The monoisotopic (exact) mass is 283 g/mol. The quantitative estimate of drug-likeness (QED) is 0.719. The molecule has 0 unspecified atom stereocenters. The number of aromatic nitrogens is 1. The van der Waals surface area contributed by atoms with Gasteiger partial charge in [0.15, 0.2) is 5.82 Å². The average Bonchev–Trinajstić information content (AvgIpc) is 2.52. The van der Waals surface area contributed by atoms with E-state index >= 15 is 0 Å². The van der Waals surface area contributed by atoms with Crippen LogP contribution < -0.4 is 15.8 Å². The van der Waals surface area contributed by atoms with Crippen molar-refractivity contribution >= 4 is 28.0 Å². The van der Waals surface area contributed by atoms with Gasteiger partial charge in [0, 0.05) is 23.0 Å². The second kappa shape index (κ2) is 5.28. The highest BCUT2D eigenvalue weighted by Gasteiger charge is 2.12. The third kappa shape index (κ3) is 2.45. The molecule has 0 aliphatic rings. The maximum atomic E-state index is 14.2. The highest BCUT2D eigenvalue weighted by atomic mass is 19.1. The zero-order valence-corrected chi connectivity index (χ0v) is 11.4. The van der Waals surface area contributed by atoms with Gasteiger partial charge in [0.2, 0.25) is 0 Å². The van der Waals surface area contributed by atoms with E-state index in [1.807, 2.05) is 18.2 Å². The molecule has 3 rings (SSSR count). The lowest BCUT2D eigenvalue weighted by molar-refractivity contribution is 0.415. The van der Waals surface area contributed by atoms with Gasteiger partial charge in [-0.25, -0.2) is 4.39 Å². The van der Waals surface area contributed by atoms with Crippen molar-refractivity contribution in [2.24, 2.45) is 0 Å². The number of pyridine rings is 1. The average molecular weight is 283 g/mol. The number of halogens is 1. The Bertz CT molecular complexity index is 787. The van der Waals surface area contributed by atoms with E-state index in [4.69, 9.17) is 10.5 Å². The molecule has 1 heterocycles. The fourth-order valence-electron chi connectivity index (χ4n) is 2.17. The lowest BCUT2D eigenvalue weighted by Gasteiger charge is -2.12. The van der Waals surface area contributed by atoms with Gasteiger partial charge in [-0.15, -0.1) is 0 Å². The summed E-state index contributed by atoms with van der Waals surface area (Å²) in [6.07, 6.45) is 1.61. The Kier molecular flexibility index (Phi) is 3.31. The molecule has 3 aromatic rings. The molecule has 0 saturated heterocycles. The van der Waals surface area contributed by atoms with E-state index in [0.717, 1.165) is 16.8 Å². The van der Waals surface area contributed by atoms with Crippen LogP contribution in [0.3, 0.4) is 0 Å². The minimum Gasteiger partial charge on any atom is -0.497 e. The van der Waals surface area contributed by atoms with Crippen LogP contribution in [0.4, 0.5) is 21.5 Å². The van der Waals surface area contributed by atoms with E-state index in [1.54, 1.807) is 31.5 Å². The Morgan fingerprint density at radius 2 is 1.95 bits per heavy atom. The van der Waals surface area contributed by atoms with Crippen LogP contribution in [0.5, 0.6) is 5.75 Å². The number of rotatable bonds is 3. The summed E-state index contributed by atoms with van der Waals surface area (Å²) in [5, 5.41) is 3.76. The van der Waals surface area contributed by atoms with Crippen molar-refractivity contribution in [3.05, 3.63) is 54.5 Å². The van der Waals surface area contributed by atoms with Gasteiger partial charge in [-0.2, -0.15) is 0 Å². The summed E-state index contributed by atoms with van der Waals surface area (Å²) < 4.78 is 19.3. The number of methoxy groups -OCH3 is 1.